The van der Waals surface area contributed by atoms with Crippen molar-refractivity contribution in [2.24, 2.45) is 4.99 Å². The highest BCUT2D eigenvalue weighted by molar-refractivity contribution is 9.10. The predicted molar refractivity (Wildman–Crippen MR) is 87.2 cm³/mol. The first kappa shape index (κ1) is 13.9. The number of benzene rings is 1. The molecule has 3 rings (SSSR count). The molecule has 3 nitrogen and oxygen atoms in total. The Labute approximate surface area is 129 Å². The minimum absolute atomic E-state index is 0.279. The second-order valence-electron chi connectivity index (χ2n) is 5.95. The first-order valence-electron chi connectivity index (χ1n) is 7.46. The lowest BCUT2D eigenvalue weighted by atomic mass is 9.64. The van der Waals surface area contributed by atoms with Crippen LogP contribution in [0, 0.1) is 0 Å². The SMILES string of the molecule is CN1CCCN=C1NCC1(c2ccccc2Br)CCC1. The van der Waals surface area contributed by atoms with Crippen LogP contribution in [0.2, 0.25) is 0 Å². The summed E-state index contributed by atoms with van der Waals surface area (Å²) < 4.78 is 1.24. The lowest BCUT2D eigenvalue weighted by Gasteiger charge is -2.44. The fraction of sp³-hybridized carbons (Fsp3) is 0.562. The molecule has 0 spiro atoms. The molecule has 1 heterocycles. The Morgan fingerprint density at radius 1 is 1.30 bits per heavy atom. The van der Waals surface area contributed by atoms with Gasteiger partial charge >= 0.3 is 0 Å². The number of hydrogen-bond donors (Lipinski definition) is 1. The summed E-state index contributed by atoms with van der Waals surface area (Å²) in [6, 6.07) is 8.65. The third-order valence-corrected chi connectivity index (χ3v) is 5.31. The third-order valence-electron chi connectivity index (χ3n) is 4.62. The molecule has 0 amide bonds. The summed E-state index contributed by atoms with van der Waals surface area (Å²) in [6.45, 7) is 3.04. The van der Waals surface area contributed by atoms with Crippen LogP contribution in [0.4, 0.5) is 0 Å². The fourth-order valence-corrected chi connectivity index (χ4v) is 3.90. The van der Waals surface area contributed by atoms with Gasteiger partial charge in [-0.1, -0.05) is 40.5 Å². The van der Waals surface area contributed by atoms with Gasteiger partial charge in [-0.3, -0.25) is 4.99 Å². The van der Waals surface area contributed by atoms with E-state index in [-0.39, 0.29) is 5.41 Å². The topological polar surface area (TPSA) is 27.6 Å². The third kappa shape index (κ3) is 2.58. The van der Waals surface area contributed by atoms with E-state index in [9.17, 15) is 0 Å². The van der Waals surface area contributed by atoms with E-state index in [0.29, 0.717) is 0 Å². The van der Waals surface area contributed by atoms with Crippen molar-refractivity contribution in [3.05, 3.63) is 34.3 Å². The largest absolute Gasteiger partial charge is 0.355 e. The normalized spacial score (nSPS) is 21.1. The maximum absolute atomic E-state index is 4.61. The fourth-order valence-electron chi connectivity index (χ4n) is 3.19. The van der Waals surface area contributed by atoms with E-state index in [4.69, 9.17) is 0 Å². The van der Waals surface area contributed by atoms with Gasteiger partial charge in [0.15, 0.2) is 5.96 Å². The molecule has 108 valence electrons. The highest BCUT2D eigenvalue weighted by atomic mass is 79.9. The zero-order valence-electron chi connectivity index (χ0n) is 12.0. The van der Waals surface area contributed by atoms with Crippen molar-refractivity contribution < 1.29 is 0 Å². The standard InChI is InChI=1S/C16H22BrN3/c1-20-11-5-10-18-15(20)19-12-16(8-4-9-16)13-6-2-3-7-14(13)17/h2-3,6-7H,4-5,8-12H2,1H3,(H,18,19). The van der Waals surface area contributed by atoms with Crippen molar-refractivity contribution in [1.29, 1.82) is 0 Å². The van der Waals surface area contributed by atoms with E-state index in [2.05, 4.69) is 62.5 Å². The van der Waals surface area contributed by atoms with Crippen molar-refractivity contribution in [3.8, 4) is 0 Å². The van der Waals surface area contributed by atoms with Crippen LogP contribution in [-0.2, 0) is 5.41 Å². The van der Waals surface area contributed by atoms with Gasteiger partial charge in [0.2, 0.25) is 0 Å². The highest BCUT2D eigenvalue weighted by Gasteiger charge is 2.40. The maximum atomic E-state index is 4.61. The molecule has 0 unspecified atom stereocenters. The molecule has 0 aromatic heterocycles. The molecule has 4 heteroatoms. The molecule has 1 N–H and O–H groups in total. The Bertz CT molecular complexity index is 508. The molecule has 1 aliphatic heterocycles. The summed E-state index contributed by atoms with van der Waals surface area (Å²) in [7, 11) is 2.12. The second kappa shape index (κ2) is 5.76. The first-order chi connectivity index (χ1) is 9.71. The smallest absolute Gasteiger partial charge is 0.193 e. The zero-order valence-corrected chi connectivity index (χ0v) is 13.6. The van der Waals surface area contributed by atoms with Crippen molar-refractivity contribution >= 4 is 21.9 Å². The molecule has 0 saturated heterocycles. The molecular formula is C16H22BrN3. The lowest BCUT2D eigenvalue weighted by molar-refractivity contribution is 0.240. The van der Waals surface area contributed by atoms with Gasteiger partial charge in [-0.15, -0.1) is 0 Å². The van der Waals surface area contributed by atoms with E-state index in [0.717, 1.165) is 32.0 Å². The molecule has 1 aliphatic carbocycles. The average Bonchev–Trinajstić information content (AvgIpc) is 2.41. The van der Waals surface area contributed by atoms with E-state index in [1.165, 1.54) is 29.3 Å². The molecular weight excluding hydrogens is 314 g/mol. The summed E-state index contributed by atoms with van der Waals surface area (Å²) in [4.78, 5) is 6.84. The molecule has 2 aliphatic rings. The van der Waals surface area contributed by atoms with Crippen molar-refractivity contribution in [2.45, 2.75) is 31.1 Å². The zero-order chi connectivity index (χ0) is 14.0. The van der Waals surface area contributed by atoms with Crippen LogP contribution < -0.4 is 5.32 Å². The monoisotopic (exact) mass is 335 g/mol. The van der Waals surface area contributed by atoms with Crippen LogP contribution in [0.25, 0.3) is 0 Å². The van der Waals surface area contributed by atoms with Crippen LogP contribution in [0.1, 0.15) is 31.2 Å². The van der Waals surface area contributed by atoms with Gasteiger partial charge in [0.25, 0.3) is 0 Å². The first-order valence-corrected chi connectivity index (χ1v) is 8.25. The molecule has 1 aromatic carbocycles. The van der Waals surface area contributed by atoms with Crippen LogP contribution in [-0.4, -0.2) is 37.5 Å². The van der Waals surface area contributed by atoms with E-state index < -0.39 is 0 Å². The van der Waals surface area contributed by atoms with Crippen molar-refractivity contribution in [3.63, 3.8) is 0 Å². The van der Waals surface area contributed by atoms with Gasteiger partial charge in [-0.2, -0.15) is 0 Å². The lowest BCUT2D eigenvalue weighted by Crippen LogP contribution is -2.50. The molecule has 0 radical (unpaired) electrons. The Hall–Kier alpha value is -1.03. The summed E-state index contributed by atoms with van der Waals surface area (Å²) in [5, 5.41) is 3.59. The van der Waals surface area contributed by atoms with E-state index in [1.54, 1.807) is 0 Å². The van der Waals surface area contributed by atoms with Gasteiger partial charge in [0.1, 0.15) is 0 Å². The number of hydrogen-bond acceptors (Lipinski definition) is 3. The van der Waals surface area contributed by atoms with Gasteiger partial charge in [0.05, 0.1) is 0 Å². The molecule has 0 bridgehead atoms. The number of aliphatic imine (C=N–C) groups is 1. The van der Waals surface area contributed by atoms with Gasteiger partial charge in [-0.05, 0) is 30.9 Å². The summed E-state index contributed by atoms with van der Waals surface area (Å²) in [5.41, 5.74) is 1.72. The Balaban J connectivity index is 1.74. The van der Waals surface area contributed by atoms with Gasteiger partial charge in [-0.25, -0.2) is 0 Å². The predicted octanol–water partition coefficient (Wildman–Crippen LogP) is 3.15. The van der Waals surface area contributed by atoms with Gasteiger partial charge < -0.3 is 10.2 Å². The molecule has 0 atom stereocenters. The Morgan fingerprint density at radius 2 is 2.10 bits per heavy atom. The quantitative estimate of drug-likeness (QED) is 0.918. The van der Waals surface area contributed by atoms with Gasteiger partial charge in [0, 0.05) is 36.6 Å². The van der Waals surface area contributed by atoms with Crippen LogP contribution in [0.3, 0.4) is 0 Å². The van der Waals surface area contributed by atoms with E-state index >= 15 is 0 Å². The highest BCUT2D eigenvalue weighted by Crippen LogP contribution is 2.45. The minimum atomic E-state index is 0.279. The minimum Gasteiger partial charge on any atom is -0.355 e. The van der Waals surface area contributed by atoms with Crippen LogP contribution in [0.5, 0.6) is 0 Å². The maximum Gasteiger partial charge on any atom is 0.193 e. The molecule has 20 heavy (non-hydrogen) atoms. The van der Waals surface area contributed by atoms with Crippen LogP contribution in [0.15, 0.2) is 33.7 Å². The Morgan fingerprint density at radius 3 is 2.75 bits per heavy atom. The summed E-state index contributed by atoms with van der Waals surface area (Å²) >= 11 is 3.72. The molecule has 1 aromatic rings. The average molecular weight is 336 g/mol. The summed E-state index contributed by atoms with van der Waals surface area (Å²) in [5.74, 6) is 1.06. The number of rotatable bonds is 3. The molecule has 1 saturated carbocycles. The van der Waals surface area contributed by atoms with E-state index in [1.807, 2.05) is 0 Å². The van der Waals surface area contributed by atoms with Crippen molar-refractivity contribution in [2.75, 3.05) is 26.7 Å². The number of nitrogens with one attached hydrogen (secondary N) is 1. The van der Waals surface area contributed by atoms with Crippen LogP contribution >= 0.6 is 15.9 Å². The number of halogens is 1. The number of guanidine groups is 1. The summed E-state index contributed by atoms with van der Waals surface area (Å²) in [6.07, 6.45) is 5.02. The van der Waals surface area contributed by atoms with Crippen molar-refractivity contribution in [1.82, 2.24) is 10.2 Å². The second-order valence-corrected chi connectivity index (χ2v) is 6.80. The Kier molecular flexibility index (Phi) is 4.01. The number of nitrogens with zero attached hydrogens (tertiary/aromatic N) is 2. The molecule has 1 fully saturated rings.